The maximum absolute atomic E-state index is 12.5. The second-order valence-electron chi connectivity index (χ2n) is 13.1. The predicted molar refractivity (Wildman–Crippen MR) is 210 cm³/mol. The second-order valence-corrected chi connectivity index (χ2v) is 14.2. The number of aromatic carboxylic acids is 1. The number of nitrogen functional groups attached to an aromatic ring is 1. The molecule has 0 radical (unpaired) electrons. The molecule has 2 amide bonds. The molecule has 5 aromatic rings. The molecule has 5 aromatic carbocycles. The van der Waals surface area contributed by atoms with Gasteiger partial charge in [-0.2, -0.15) is 0 Å². The summed E-state index contributed by atoms with van der Waals surface area (Å²) in [6, 6.07) is 37.7. The number of rotatable bonds is 15. The zero-order chi connectivity index (χ0) is 37.9. The minimum Gasteiger partial charge on any atom is -0.478 e. The van der Waals surface area contributed by atoms with E-state index in [0.717, 1.165) is 38.3 Å². The van der Waals surface area contributed by atoms with Gasteiger partial charge >= 0.3 is 5.97 Å². The van der Waals surface area contributed by atoms with Crippen LogP contribution in [0.2, 0.25) is 0 Å². The fraction of sp³-hybridized carbons (Fsp3) is 0.233. The molecule has 0 aliphatic carbocycles. The largest absolute Gasteiger partial charge is 0.478 e. The Labute approximate surface area is 318 Å². The number of nitrogens with two attached hydrogens (primary N) is 1. The Kier molecular flexibility index (Phi) is 13.1. The molecule has 3 atom stereocenters. The summed E-state index contributed by atoms with van der Waals surface area (Å²) in [5, 5.41) is 24.5. The molecule has 1 aliphatic rings. The van der Waals surface area contributed by atoms with Crippen molar-refractivity contribution in [2.24, 2.45) is 0 Å². The van der Waals surface area contributed by atoms with Crippen LogP contribution in [0, 0.1) is 0 Å². The maximum atomic E-state index is 12.5. The Hall–Kier alpha value is -5.46. The Morgan fingerprint density at radius 3 is 2.20 bits per heavy atom. The lowest BCUT2D eigenvalue weighted by atomic mass is 9.99. The molecule has 10 nitrogen and oxygen atoms in total. The van der Waals surface area contributed by atoms with Gasteiger partial charge in [0.1, 0.15) is 0 Å². The third kappa shape index (κ3) is 10.6. The van der Waals surface area contributed by atoms with E-state index in [1.54, 1.807) is 48.2 Å². The number of para-hydroxylation sites is 2. The van der Waals surface area contributed by atoms with Gasteiger partial charge in [-0.15, -0.1) is 11.8 Å². The van der Waals surface area contributed by atoms with Gasteiger partial charge in [0.2, 0.25) is 11.8 Å². The van der Waals surface area contributed by atoms with E-state index in [-0.39, 0.29) is 49.0 Å². The SMILES string of the molecule is Nc1ccccc1NC(=O)CCCC(=O)NCc1cccc(-c2ccc([C@H]3O[C@@H](CSc4ccc(C(=O)O)cc4)C[C@@H](c4ccc(CO)cc4)O3)cc2)c1. The van der Waals surface area contributed by atoms with E-state index in [9.17, 15) is 24.6 Å². The van der Waals surface area contributed by atoms with Gasteiger partial charge in [0.05, 0.1) is 35.8 Å². The summed E-state index contributed by atoms with van der Waals surface area (Å²) < 4.78 is 13.0. The van der Waals surface area contributed by atoms with Gasteiger partial charge in [0.15, 0.2) is 6.29 Å². The first-order valence-corrected chi connectivity index (χ1v) is 18.8. The molecule has 0 bridgehead atoms. The lowest BCUT2D eigenvalue weighted by molar-refractivity contribution is -0.245. The zero-order valence-corrected chi connectivity index (χ0v) is 30.5. The predicted octanol–water partition coefficient (Wildman–Crippen LogP) is 7.89. The lowest BCUT2D eigenvalue weighted by Crippen LogP contribution is -2.31. The normalized spacial score (nSPS) is 16.7. The highest BCUT2D eigenvalue weighted by Crippen LogP contribution is 2.40. The van der Waals surface area contributed by atoms with E-state index >= 15 is 0 Å². The van der Waals surface area contributed by atoms with Crippen molar-refractivity contribution >= 4 is 40.9 Å². The summed E-state index contributed by atoms with van der Waals surface area (Å²) in [6.45, 7) is 0.334. The first kappa shape index (κ1) is 38.3. The van der Waals surface area contributed by atoms with Crippen molar-refractivity contribution in [2.75, 3.05) is 16.8 Å². The van der Waals surface area contributed by atoms with Gasteiger partial charge in [-0.1, -0.05) is 78.9 Å². The number of aliphatic hydroxyl groups is 1. The number of hydrogen-bond acceptors (Lipinski definition) is 8. The third-order valence-electron chi connectivity index (χ3n) is 9.13. The number of anilines is 2. The molecule has 0 saturated carbocycles. The van der Waals surface area contributed by atoms with E-state index < -0.39 is 12.3 Å². The number of ether oxygens (including phenoxy) is 2. The van der Waals surface area contributed by atoms with Gasteiger partial charge in [-0.05, 0) is 76.7 Å². The number of benzene rings is 5. The fourth-order valence-electron chi connectivity index (χ4n) is 6.12. The van der Waals surface area contributed by atoms with Crippen LogP contribution in [0.4, 0.5) is 11.4 Å². The van der Waals surface area contributed by atoms with Gasteiger partial charge in [-0.25, -0.2) is 4.79 Å². The number of carbonyl (C=O) groups excluding carboxylic acids is 2. The molecule has 0 spiro atoms. The van der Waals surface area contributed by atoms with Crippen molar-refractivity contribution in [3.63, 3.8) is 0 Å². The Bertz CT molecular complexity index is 2040. The highest BCUT2D eigenvalue weighted by molar-refractivity contribution is 7.99. The molecule has 6 N–H and O–H groups in total. The van der Waals surface area contributed by atoms with Gasteiger partial charge in [0, 0.05) is 42.0 Å². The van der Waals surface area contributed by atoms with Crippen LogP contribution >= 0.6 is 11.8 Å². The van der Waals surface area contributed by atoms with Crippen molar-refractivity contribution in [1.82, 2.24) is 5.32 Å². The molecule has 1 fully saturated rings. The molecule has 54 heavy (non-hydrogen) atoms. The average Bonchev–Trinajstić information content (AvgIpc) is 3.20. The first-order chi connectivity index (χ1) is 26.2. The fourth-order valence-corrected chi connectivity index (χ4v) is 7.04. The van der Waals surface area contributed by atoms with Crippen molar-refractivity contribution < 1.29 is 34.1 Å². The van der Waals surface area contributed by atoms with E-state index in [4.69, 9.17) is 15.2 Å². The molecular weight excluding hydrogens is 703 g/mol. The summed E-state index contributed by atoms with van der Waals surface area (Å²) >= 11 is 1.61. The monoisotopic (exact) mass is 745 g/mol. The van der Waals surface area contributed by atoms with Crippen LogP contribution in [0.15, 0.2) is 126 Å². The molecule has 1 heterocycles. The van der Waals surface area contributed by atoms with Crippen LogP contribution in [0.25, 0.3) is 11.1 Å². The number of carbonyl (C=O) groups is 3. The minimum atomic E-state index is -0.956. The molecular formula is C43H43N3O7S. The smallest absolute Gasteiger partial charge is 0.335 e. The van der Waals surface area contributed by atoms with Crippen LogP contribution < -0.4 is 16.4 Å². The van der Waals surface area contributed by atoms with Crippen LogP contribution in [0.1, 0.15) is 70.7 Å². The lowest BCUT2D eigenvalue weighted by Gasteiger charge is -2.36. The number of nitrogens with one attached hydrogen (secondary N) is 2. The van der Waals surface area contributed by atoms with Crippen molar-refractivity contribution in [2.45, 2.75) is 62.2 Å². The number of carboxylic acid groups (broad SMARTS) is 1. The second kappa shape index (κ2) is 18.5. The van der Waals surface area contributed by atoms with E-state index in [2.05, 4.69) is 10.6 Å². The minimum absolute atomic E-state index is 0.0324. The quantitative estimate of drug-likeness (QED) is 0.0531. The number of carboxylic acids is 1. The topological polar surface area (TPSA) is 160 Å². The highest BCUT2D eigenvalue weighted by atomic mass is 32.2. The summed E-state index contributed by atoms with van der Waals surface area (Å²) in [6.07, 6.45) is 0.520. The van der Waals surface area contributed by atoms with Crippen LogP contribution in [0.5, 0.6) is 0 Å². The Balaban J connectivity index is 1.05. The van der Waals surface area contributed by atoms with Gasteiger partial charge < -0.3 is 36.1 Å². The standard InChI is InChI=1S/C43H43N3O7S/c44-37-7-1-2-8-38(37)46-41(49)10-4-9-40(48)45-25-29-5-3-6-34(23-29)30-15-17-33(18-16-30)43-52-35(27-54-36-21-19-32(20-22-36)42(50)51)24-39(53-43)31-13-11-28(26-47)12-14-31/h1-3,5-8,11-23,35,39,43,47H,4,9-10,24-27,44H2,(H,45,48)(H,46,49)(H,50,51)/t35-,39+,43+/m1/s1. The molecule has 0 aromatic heterocycles. The molecule has 1 aliphatic heterocycles. The summed E-state index contributed by atoms with van der Waals surface area (Å²) in [5.74, 6) is -0.616. The maximum Gasteiger partial charge on any atom is 0.335 e. The molecule has 278 valence electrons. The molecule has 0 unspecified atom stereocenters. The summed E-state index contributed by atoms with van der Waals surface area (Å²) in [4.78, 5) is 37.1. The zero-order valence-electron chi connectivity index (χ0n) is 29.7. The Morgan fingerprint density at radius 2 is 1.48 bits per heavy atom. The van der Waals surface area contributed by atoms with Crippen molar-refractivity contribution in [3.8, 4) is 11.1 Å². The summed E-state index contributed by atoms with van der Waals surface area (Å²) in [7, 11) is 0. The third-order valence-corrected chi connectivity index (χ3v) is 10.3. The van der Waals surface area contributed by atoms with Crippen LogP contribution in [0.3, 0.4) is 0 Å². The van der Waals surface area contributed by atoms with Crippen LogP contribution in [-0.2, 0) is 32.2 Å². The number of thioether (sulfide) groups is 1. The van der Waals surface area contributed by atoms with Gasteiger partial charge in [-0.3, -0.25) is 9.59 Å². The molecule has 1 saturated heterocycles. The van der Waals surface area contributed by atoms with Crippen molar-refractivity contribution in [3.05, 3.63) is 149 Å². The van der Waals surface area contributed by atoms with E-state index in [1.807, 2.05) is 84.9 Å². The van der Waals surface area contributed by atoms with Crippen LogP contribution in [-0.4, -0.2) is 39.9 Å². The van der Waals surface area contributed by atoms with Gasteiger partial charge in [0.25, 0.3) is 0 Å². The summed E-state index contributed by atoms with van der Waals surface area (Å²) in [5.41, 5.74) is 12.9. The molecule has 11 heteroatoms. The number of amides is 2. The number of aliphatic hydroxyl groups excluding tert-OH is 1. The first-order valence-electron chi connectivity index (χ1n) is 17.8. The Morgan fingerprint density at radius 1 is 0.759 bits per heavy atom. The van der Waals surface area contributed by atoms with E-state index in [0.29, 0.717) is 36.5 Å². The van der Waals surface area contributed by atoms with Crippen molar-refractivity contribution in [1.29, 1.82) is 0 Å². The average molecular weight is 746 g/mol. The number of hydrogen-bond donors (Lipinski definition) is 5. The van der Waals surface area contributed by atoms with E-state index in [1.165, 1.54) is 0 Å². The highest BCUT2D eigenvalue weighted by Gasteiger charge is 2.32. The molecule has 6 rings (SSSR count).